The molecule has 0 fully saturated rings. The first-order valence-electron chi connectivity index (χ1n) is 10.5. The Bertz CT molecular complexity index is 586. The van der Waals surface area contributed by atoms with Gasteiger partial charge in [0.05, 0.1) is 6.10 Å². The Morgan fingerprint density at radius 1 is 1.00 bits per heavy atom. The van der Waals surface area contributed by atoms with Crippen LogP contribution in [0.3, 0.4) is 0 Å². The monoisotopic (exact) mass is 439 g/mol. The van der Waals surface area contributed by atoms with E-state index in [0.717, 1.165) is 12.8 Å². The topological polar surface area (TPSA) is 121 Å². The second-order valence-corrected chi connectivity index (χ2v) is 8.21. The van der Waals surface area contributed by atoms with Gasteiger partial charge in [-0.1, -0.05) is 68.4 Å². The molecule has 0 aromatic rings. The highest BCUT2D eigenvalue weighted by molar-refractivity contribution is 8.00. The van der Waals surface area contributed by atoms with E-state index < -0.39 is 24.1 Å². The number of unbranched alkanes of at least 4 members (excludes halogenated alkanes) is 3. The van der Waals surface area contributed by atoms with Gasteiger partial charge in [0, 0.05) is 17.4 Å². The molecule has 30 heavy (non-hydrogen) atoms. The van der Waals surface area contributed by atoms with Gasteiger partial charge in [-0.2, -0.15) is 0 Å². The summed E-state index contributed by atoms with van der Waals surface area (Å²) in [5.74, 6) is -1.83. The standard InChI is InChI=1S/C23H37NO5S/c1-2-3-4-5-6-7-8-9-10-11-12-13-16-21(30-18-19(24)23(28)29)20(25)15-14-17-22(26)27/h6-7,9-13,16,19-21,25H,2-5,8,14-15,17-18,24H2,1H3,(H,26,27)(H,28,29)/b7-6-,10-9-,12-11-,16-13-/t19-,20-,21+/m0/s1. The zero-order valence-corrected chi connectivity index (χ0v) is 18.7. The first-order valence-corrected chi connectivity index (χ1v) is 11.6. The molecule has 0 radical (unpaired) electrons. The normalized spacial score (nSPS) is 15.4. The largest absolute Gasteiger partial charge is 0.481 e. The molecule has 0 aliphatic heterocycles. The van der Waals surface area contributed by atoms with E-state index in [2.05, 4.69) is 25.2 Å². The minimum atomic E-state index is -1.09. The summed E-state index contributed by atoms with van der Waals surface area (Å²) < 4.78 is 0. The van der Waals surface area contributed by atoms with Crippen molar-refractivity contribution in [3.63, 3.8) is 0 Å². The second kappa shape index (κ2) is 19.2. The van der Waals surface area contributed by atoms with Gasteiger partial charge in [-0.15, -0.1) is 11.8 Å². The third-order valence-electron chi connectivity index (χ3n) is 4.24. The first kappa shape index (κ1) is 28.2. The Kier molecular flexibility index (Phi) is 18.0. The number of hydrogen-bond donors (Lipinski definition) is 4. The molecule has 0 bridgehead atoms. The minimum Gasteiger partial charge on any atom is -0.481 e. The number of rotatable bonds is 18. The average molecular weight is 440 g/mol. The lowest BCUT2D eigenvalue weighted by atomic mass is 10.1. The van der Waals surface area contributed by atoms with E-state index in [1.807, 2.05) is 18.2 Å². The number of allylic oxidation sites excluding steroid dienone is 7. The molecular weight excluding hydrogens is 402 g/mol. The lowest BCUT2D eigenvalue weighted by Crippen LogP contribution is -2.34. The van der Waals surface area contributed by atoms with E-state index in [4.69, 9.17) is 15.9 Å². The molecule has 170 valence electrons. The number of carboxylic acid groups (broad SMARTS) is 2. The van der Waals surface area contributed by atoms with Crippen LogP contribution in [0.5, 0.6) is 0 Å². The van der Waals surface area contributed by atoms with E-state index in [1.54, 1.807) is 12.2 Å². The summed E-state index contributed by atoms with van der Waals surface area (Å²) >= 11 is 1.26. The maximum Gasteiger partial charge on any atom is 0.321 e. The predicted octanol–water partition coefficient (Wildman–Crippen LogP) is 4.31. The molecule has 0 aliphatic carbocycles. The van der Waals surface area contributed by atoms with E-state index in [-0.39, 0.29) is 17.4 Å². The second-order valence-electron chi connectivity index (χ2n) is 7.00. The average Bonchev–Trinajstić information content (AvgIpc) is 2.70. The van der Waals surface area contributed by atoms with Gasteiger partial charge < -0.3 is 21.1 Å². The van der Waals surface area contributed by atoms with Gasteiger partial charge in [-0.3, -0.25) is 9.59 Å². The molecule has 0 unspecified atom stereocenters. The minimum absolute atomic E-state index is 0.00938. The van der Waals surface area contributed by atoms with Crippen LogP contribution < -0.4 is 5.73 Å². The van der Waals surface area contributed by atoms with Crippen LogP contribution in [0, 0.1) is 0 Å². The van der Waals surface area contributed by atoms with Crippen LogP contribution in [0.1, 0.15) is 58.3 Å². The summed E-state index contributed by atoms with van der Waals surface area (Å²) in [6, 6.07) is -1.01. The van der Waals surface area contributed by atoms with Crippen LogP contribution >= 0.6 is 11.8 Å². The van der Waals surface area contributed by atoms with Crippen LogP contribution in [0.4, 0.5) is 0 Å². The highest BCUT2D eigenvalue weighted by Crippen LogP contribution is 2.21. The van der Waals surface area contributed by atoms with Gasteiger partial charge in [0.2, 0.25) is 0 Å². The quantitative estimate of drug-likeness (QED) is 0.143. The van der Waals surface area contributed by atoms with Gasteiger partial charge in [-0.25, -0.2) is 0 Å². The smallest absolute Gasteiger partial charge is 0.321 e. The Hall–Kier alpha value is -1.83. The Labute approximate surface area is 184 Å². The number of carbonyl (C=O) groups is 2. The zero-order valence-electron chi connectivity index (χ0n) is 17.9. The number of nitrogens with two attached hydrogens (primary N) is 1. The summed E-state index contributed by atoms with van der Waals surface area (Å²) in [4.78, 5) is 21.5. The summed E-state index contributed by atoms with van der Waals surface area (Å²) in [5.41, 5.74) is 5.54. The Balaban J connectivity index is 4.51. The summed E-state index contributed by atoms with van der Waals surface area (Å²) in [5, 5.41) is 27.6. The summed E-state index contributed by atoms with van der Waals surface area (Å²) in [6.45, 7) is 2.19. The zero-order chi connectivity index (χ0) is 22.6. The molecule has 5 N–H and O–H groups in total. The molecule has 0 saturated carbocycles. The maximum atomic E-state index is 10.9. The van der Waals surface area contributed by atoms with Crippen molar-refractivity contribution in [2.75, 3.05) is 5.75 Å². The number of carboxylic acids is 2. The van der Waals surface area contributed by atoms with Crippen molar-refractivity contribution in [2.45, 2.75) is 75.7 Å². The fourth-order valence-electron chi connectivity index (χ4n) is 2.47. The number of aliphatic carboxylic acids is 2. The van der Waals surface area contributed by atoms with Crippen molar-refractivity contribution in [1.82, 2.24) is 0 Å². The highest BCUT2D eigenvalue weighted by Gasteiger charge is 2.20. The van der Waals surface area contributed by atoms with Crippen LogP contribution in [0.15, 0.2) is 48.6 Å². The van der Waals surface area contributed by atoms with Crippen LogP contribution in [-0.4, -0.2) is 50.4 Å². The predicted molar refractivity (Wildman–Crippen MR) is 125 cm³/mol. The number of thioether (sulfide) groups is 1. The molecule has 3 atom stereocenters. The molecule has 0 aromatic heterocycles. The molecule has 0 aromatic carbocycles. The van der Waals surface area contributed by atoms with Crippen molar-refractivity contribution in [2.24, 2.45) is 5.73 Å². The summed E-state index contributed by atoms with van der Waals surface area (Å²) in [6.07, 6.45) is 21.3. The fraction of sp³-hybridized carbons (Fsp3) is 0.565. The number of aliphatic hydroxyl groups is 1. The number of aliphatic hydroxyl groups excluding tert-OH is 1. The first-order chi connectivity index (χ1) is 14.4. The molecule has 6 nitrogen and oxygen atoms in total. The third kappa shape index (κ3) is 17.1. The molecule has 7 heteroatoms. The van der Waals surface area contributed by atoms with Crippen molar-refractivity contribution < 1.29 is 24.9 Å². The van der Waals surface area contributed by atoms with Crippen molar-refractivity contribution in [3.05, 3.63) is 48.6 Å². The van der Waals surface area contributed by atoms with Crippen LogP contribution in [0.25, 0.3) is 0 Å². The highest BCUT2D eigenvalue weighted by atomic mass is 32.2. The lowest BCUT2D eigenvalue weighted by molar-refractivity contribution is -0.138. The summed E-state index contributed by atoms with van der Waals surface area (Å²) in [7, 11) is 0. The van der Waals surface area contributed by atoms with Gasteiger partial charge in [0.15, 0.2) is 0 Å². The SMILES string of the molecule is CCCCC/C=C\C\C=C/C=C\C=C/[C@@H](SC[C@H](N)C(=O)O)[C@@H](O)CCCC(=O)O. The van der Waals surface area contributed by atoms with Gasteiger partial charge in [-0.05, 0) is 32.1 Å². The molecule has 0 amide bonds. The van der Waals surface area contributed by atoms with Gasteiger partial charge in [0.25, 0.3) is 0 Å². The van der Waals surface area contributed by atoms with E-state index in [0.29, 0.717) is 12.8 Å². The molecule has 0 rings (SSSR count). The fourth-order valence-corrected chi connectivity index (χ4v) is 3.60. The van der Waals surface area contributed by atoms with Gasteiger partial charge >= 0.3 is 11.9 Å². The molecule has 0 aliphatic rings. The van der Waals surface area contributed by atoms with Gasteiger partial charge in [0.1, 0.15) is 6.04 Å². The van der Waals surface area contributed by atoms with Crippen LogP contribution in [-0.2, 0) is 9.59 Å². The maximum absolute atomic E-state index is 10.9. The van der Waals surface area contributed by atoms with E-state index in [9.17, 15) is 14.7 Å². The molecular formula is C23H37NO5S. The Morgan fingerprint density at radius 2 is 1.73 bits per heavy atom. The van der Waals surface area contributed by atoms with E-state index in [1.165, 1.54) is 31.0 Å². The third-order valence-corrected chi connectivity index (χ3v) is 5.65. The molecule has 0 spiro atoms. The lowest BCUT2D eigenvalue weighted by Gasteiger charge is -2.20. The molecule has 0 heterocycles. The number of hydrogen-bond acceptors (Lipinski definition) is 5. The Morgan fingerprint density at radius 3 is 2.40 bits per heavy atom. The van der Waals surface area contributed by atoms with Crippen molar-refractivity contribution in [3.8, 4) is 0 Å². The molecule has 0 saturated heterocycles. The van der Waals surface area contributed by atoms with Crippen LogP contribution in [0.2, 0.25) is 0 Å². The van der Waals surface area contributed by atoms with E-state index >= 15 is 0 Å². The van der Waals surface area contributed by atoms with Crippen molar-refractivity contribution >= 4 is 23.7 Å². The van der Waals surface area contributed by atoms with Crippen molar-refractivity contribution in [1.29, 1.82) is 0 Å².